The molecule has 3 saturated carbocycles. The molecule has 10 atom stereocenters. The molecule has 0 radical (unpaired) electrons. The average Bonchev–Trinajstić information content (AvgIpc) is 3.12. The summed E-state index contributed by atoms with van der Waals surface area (Å²) in [6.45, 7) is 14.9. The predicted molar refractivity (Wildman–Crippen MR) is 139 cm³/mol. The van der Waals surface area contributed by atoms with E-state index >= 15 is 0 Å². The first-order valence-electron chi connectivity index (χ1n) is 14.8. The highest BCUT2D eigenvalue weighted by Crippen LogP contribution is 2.68. The Balaban J connectivity index is 1.60. The summed E-state index contributed by atoms with van der Waals surface area (Å²) in [5, 5.41) is 10.4. The van der Waals surface area contributed by atoms with Gasteiger partial charge in [-0.05, 0) is 86.4 Å². The predicted octanol–water partition coefficient (Wildman–Crippen LogP) is 7.68. The number of methoxy groups -OCH3 is 1. The zero-order valence-corrected chi connectivity index (χ0v) is 23.7. The van der Waals surface area contributed by atoms with Gasteiger partial charge in [0, 0.05) is 32.0 Å². The fourth-order valence-corrected chi connectivity index (χ4v) is 9.54. The molecule has 5 heteroatoms. The Morgan fingerprint density at radius 3 is 2.43 bits per heavy atom. The molecule has 35 heavy (non-hydrogen) atoms. The van der Waals surface area contributed by atoms with Crippen molar-refractivity contribution in [3.63, 3.8) is 0 Å². The summed E-state index contributed by atoms with van der Waals surface area (Å²) in [7, 11) is 1.74. The summed E-state index contributed by atoms with van der Waals surface area (Å²) in [5.74, 6) is 3.03. The lowest BCUT2D eigenvalue weighted by atomic mass is 9.49. The molecule has 0 aromatic heterocycles. The average molecular weight is 495 g/mol. The highest BCUT2D eigenvalue weighted by Gasteiger charge is 2.67. The first-order chi connectivity index (χ1) is 16.6. The molecule has 4 rings (SSSR count). The summed E-state index contributed by atoms with van der Waals surface area (Å²) in [4.78, 5) is 5.40. The lowest BCUT2D eigenvalue weighted by molar-refractivity contribution is -0.471. The van der Waals surface area contributed by atoms with E-state index < -0.39 is 5.79 Å². The van der Waals surface area contributed by atoms with Crippen LogP contribution in [0.15, 0.2) is 0 Å². The molecule has 0 spiro atoms. The fraction of sp³-hybridized carbons (Fsp3) is 1.00. The van der Waals surface area contributed by atoms with Crippen LogP contribution in [0.25, 0.3) is 0 Å². The third kappa shape index (κ3) is 4.87. The van der Waals surface area contributed by atoms with E-state index in [-0.39, 0.29) is 17.8 Å². The number of rotatable bonds is 9. The number of hydrogen-bond acceptors (Lipinski definition) is 5. The molecular weight excluding hydrogens is 440 g/mol. The molecule has 204 valence electrons. The molecule has 1 aliphatic heterocycles. The van der Waals surface area contributed by atoms with Gasteiger partial charge in [-0.15, -0.1) is 0 Å². The lowest BCUT2D eigenvalue weighted by Gasteiger charge is -2.58. The van der Waals surface area contributed by atoms with E-state index in [1.165, 1.54) is 44.9 Å². The Morgan fingerprint density at radius 1 is 1.00 bits per heavy atom. The van der Waals surface area contributed by atoms with Gasteiger partial charge in [-0.25, -0.2) is 10.1 Å². The maximum atomic E-state index is 10.4. The van der Waals surface area contributed by atoms with E-state index in [1.54, 1.807) is 7.11 Å². The third-order valence-electron chi connectivity index (χ3n) is 11.4. The summed E-state index contributed by atoms with van der Waals surface area (Å²) < 4.78 is 18.6. The molecule has 3 aliphatic carbocycles. The highest BCUT2D eigenvalue weighted by atomic mass is 17.1. The standard InChI is InChI=1S/C30H54O5/c1-8-33-22-14-17-29(6)26-15-16-28(5)24(21(4)11-9-10-20(2)3)12-13-25(28)23(26)18-27(32-7)34-30(29,19-22)35-31/h20-27,31H,8-19H2,1-7H3/t21-,22+,23+,24-,25+,26+,27-,28-,29-,30-/m1/s1. The van der Waals surface area contributed by atoms with Crippen molar-refractivity contribution in [3.8, 4) is 0 Å². The van der Waals surface area contributed by atoms with Crippen molar-refractivity contribution in [1.29, 1.82) is 0 Å². The highest BCUT2D eigenvalue weighted by molar-refractivity contribution is 5.11. The van der Waals surface area contributed by atoms with Crippen molar-refractivity contribution in [2.75, 3.05) is 13.7 Å². The van der Waals surface area contributed by atoms with Crippen molar-refractivity contribution in [3.05, 3.63) is 0 Å². The van der Waals surface area contributed by atoms with Gasteiger partial charge in [-0.2, -0.15) is 0 Å². The van der Waals surface area contributed by atoms with Gasteiger partial charge in [-0.1, -0.05) is 53.9 Å². The quantitative estimate of drug-likeness (QED) is 0.263. The van der Waals surface area contributed by atoms with E-state index in [0.29, 0.717) is 36.2 Å². The van der Waals surface area contributed by atoms with Gasteiger partial charge in [0.15, 0.2) is 6.29 Å². The lowest BCUT2D eigenvalue weighted by Crippen LogP contribution is -2.60. The molecule has 1 N–H and O–H groups in total. The zero-order chi connectivity index (χ0) is 25.4. The molecule has 0 bridgehead atoms. The number of hydrogen-bond donors (Lipinski definition) is 1. The summed E-state index contributed by atoms with van der Waals surface area (Å²) in [6, 6.07) is 0. The molecular formula is C30H54O5. The van der Waals surface area contributed by atoms with Crippen LogP contribution in [-0.2, 0) is 19.1 Å². The van der Waals surface area contributed by atoms with Crippen molar-refractivity contribution < 1.29 is 24.4 Å². The first-order valence-corrected chi connectivity index (χ1v) is 14.8. The second-order valence-corrected chi connectivity index (χ2v) is 13.5. The Bertz CT molecular complexity index is 698. The number of fused-ring (bicyclic) bond motifs is 5. The Hall–Kier alpha value is -0.200. The summed E-state index contributed by atoms with van der Waals surface area (Å²) >= 11 is 0. The van der Waals surface area contributed by atoms with Gasteiger partial charge in [0.05, 0.1) is 6.10 Å². The van der Waals surface area contributed by atoms with Crippen molar-refractivity contribution in [2.45, 2.75) is 130 Å². The summed E-state index contributed by atoms with van der Waals surface area (Å²) in [5.41, 5.74) is 0.137. The molecule has 0 aromatic carbocycles. The van der Waals surface area contributed by atoms with Crippen molar-refractivity contribution in [2.24, 2.45) is 46.3 Å². The monoisotopic (exact) mass is 494 g/mol. The Morgan fingerprint density at radius 2 is 1.77 bits per heavy atom. The van der Waals surface area contributed by atoms with Crippen LogP contribution >= 0.6 is 0 Å². The van der Waals surface area contributed by atoms with E-state index in [9.17, 15) is 5.26 Å². The maximum Gasteiger partial charge on any atom is 0.212 e. The van der Waals surface area contributed by atoms with Gasteiger partial charge < -0.3 is 14.2 Å². The molecule has 1 heterocycles. The van der Waals surface area contributed by atoms with Crippen LogP contribution in [0.1, 0.15) is 112 Å². The second kappa shape index (κ2) is 10.9. The van der Waals surface area contributed by atoms with Gasteiger partial charge in [0.2, 0.25) is 5.79 Å². The fourth-order valence-electron chi connectivity index (χ4n) is 9.54. The van der Waals surface area contributed by atoms with Crippen LogP contribution < -0.4 is 0 Å². The van der Waals surface area contributed by atoms with E-state index in [4.69, 9.17) is 19.1 Å². The van der Waals surface area contributed by atoms with E-state index in [1.807, 2.05) is 6.92 Å². The van der Waals surface area contributed by atoms with Crippen LogP contribution in [0.4, 0.5) is 0 Å². The van der Waals surface area contributed by atoms with Crippen LogP contribution in [0.2, 0.25) is 0 Å². The molecule has 1 saturated heterocycles. The van der Waals surface area contributed by atoms with E-state index in [0.717, 1.165) is 37.0 Å². The minimum atomic E-state index is -1.07. The van der Waals surface area contributed by atoms with E-state index in [2.05, 4.69) is 34.6 Å². The minimum absolute atomic E-state index is 0.0469. The second-order valence-electron chi connectivity index (χ2n) is 13.5. The molecule has 4 fully saturated rings. The molecule has 4 aliphatic rings. The normalized spacial score (nSPS) is 46.5. The Labute approximate surface area is 214 Å². The first kappa shape index (κ1) is 27.8. The van der Waals surface area contributed by atoms with Gasteiger partial charge in [0.25, 0.3) is 0 Å². The number of ether oxygens (including phenoxy) is 3. The summed E-state index contributed by atoms with van der Waals surface area (Å²) in [6.07, 6.45) is 12.3. The Kier molecular flexibility index (Phi) is 8.65. The van der Waals surface area contributed by atoms with Crippen LogP contribution in [0, 0.1) is 46.3 Å². The SMILES string of the molecule is CCO[C@H]1CC[C@]2(C)[C@H]3CC[C@]4(C)[C@@H]([C@H](C)CCCC(C)C)CC[C@H]4[C@@H]3C[C@H](OC)O[C@@]2(OO)C1. The maximum absolute atomic E-state index is 10.4. The zero-order valence-electron chi connectivity index (χ0n) is 23.7. The van der Waals surface area contributed by atoms with Crippen molar-refractivity contribution in [1.82, 2.24) is 0 Å². The molecule has 5 nitrogen and oxygen atoms in total. The van der Waals surface area contributed by atoms with Gasteiger partial charge in [-0.3, -0.25) is 0 Å². The third-order valence-corrected chi connectivity index (χ3v) is 11.4. The van der Waals surface area contributed by atoms with Crippen LogP contribution in [-0.4, -0.2) is 37.2 Å². The molecule has 0 amide bonds. The molecule has 0 aromatic rings. The van der Waals surface area contributed by atoms with Crippen LogP contribution in [0.5, 0.6) is 0 Å². The minimum Gasteiger partial charge on any atom is -0.378 e. The topological polar surface area (TPSA) is 57.2 Å². The van der Waals surface area contributed by atoms with Crippen LogP contribution in [0.3, 0.4) is 0 Å². The largest absolute Gasteiger partial charge is 0.378 e. The molecule has 0 unspecified atom stereocenters. The van der Waals surface area contributed by atoms with Crippen molar-refractivity contribution >= 4 is 0 Å². The van der Waals surface area contributed by atoms with Gasteiger partial charge >= 0.3 is 0 Å². The smallest absolute Gasteiger partial charge is 0.212 e. The van der Waals surface area contributed by atoms with Gasteiger partial charge in [0.1, 0.15) is 0 Å².